The first kappa shape index (κ1) is 26.8. The minimum atomic E-state index is -3.53. The zero-order valence-corrected chi connectivity index (χ0v) is 23.2. The Hall–Kier alpha value is -2.77. The molecule has 4 heterocycles. The lowest BCUT2D eigenvalue weighted by Gasteiger charge is -2.23. The summed E-state index contributed by atoms with van der Waals surface area (Å²) in [4.78, 5) is 26.0. The SMILES string of the molecule is Cc1c(C2CCN(S(=O)(=O)N3CCCC3)C2)nn(C(=O)c2cccc(C(=O)O)c2)c1NCc1ccc(Cl)s1. The van der Waals surface area contributed by atoms with Crippen LogP contribution in [0, 0.1) is 6.92 Å². The molecule has 13 heteroatoms. The van der Waals surface area contributed by atoms with Gasteiger partial charge in [0.25, 0.3) is 16.1 Å². The monoisotopic (exact) mass is 577 g/mol. The van der Waals surface area contributed by atoms with E-state index < -0.39 is 22.1 Å². The first-order valence-electron chi connectivity index (χ1n) is 12.4. The summed E-state index contributed by atoms with van der Waals surface area (Å²) >= 11 is 7.50. The second kappa shape index (κ2) is 10.8. The lowest BCUT2D eigenvalue weighted by Crippen LogP contribution is -2.41. The highest BCUT2D eigenvalue weighted by Gasteiger charge is 2.39. The number of carbonyl (C=O) groups is 2. The van der Waals surface area contributed by atoms with E-state index in [-0.39, 0.29) is 17.0 Å². The predicted octanol–water partition coefficient (Wildman–Crippen LogP) is 4.04. The lowest BCUT2D eigenvalue weighted by atomic mass is 10.0. The highest BCUT2D eigenvalue weighted by atomic mass is 35.5. The van der Waals surface area contributed by atoms with Crippen LogP contribution >= 0.6 is 22.9 Å². The van der Waals surface area contributed by atoms with E-state index in [9.17, 15) is 23.1 Å². The number of benzene rings is 1. The lowest BCUT2D eigenvalue weighted by molar-refractivity contribution is 0.0697. The van der Waals surface area contributed by atoms with Crippen molar-refractivity contribution in [3.8, 4) is 0 Å². The maximum Gasteiger partial charge on any atom is 0.335 e. The average Bonchev–Trinajstić information content (AvgIpc) is 3.70. The number of carboxylic acid groups (broad SMARTS) is 1. The Balaban J connectivity index is 1.46. The molecule has 0 saturated carbocycles. The second-order valence-corrected chi connectivity index (χ2v) is 13.2. The van der Waals surface area contributed by atoms with Crippen LogP contribution in [0.5, 0.6) is 0 Å². The van der Waals surface area contributed by atoms with E-state index in [4.69, 9.17) is 11.6 Å². The first-order chi connectivity index (χ1) is 18.1. The smallest absolute Gasteiger partial charge is 0.335 e. The van der Waals surface area contributed by atoms with Gasteiger partial charge in [0, 0.05) is 48.1 Å². The molecule has 0 spiro atoms. The summed E-state index contributed by atoms with van der Waals surface area (Å²) in [6, 6.07) is 9.51. The maximum absolute atomic E-state index is 13.6. The predicted molar refractivity (Wildman–Crippen MR) is 145 cm³/mol. The number of aromatic nitrogens is 2. The molecule has 1 atom stereocenters. The number of rotatable bonds is 8. The molecule has 2 aromatic heterocycles. The summed E-state index contributed by atoms with van der Waals surface area (Å²) < 4.78 is 31.2. The average molecular weight is 578 g/mol. The number of aromatic carboxylic acids is 1. The molecule has 2 N–H and O–H groups in total. The summed E-state index contributed by atoms with van der Waals surface area (Å²) in [5, 5.41) is 17.4. The molecule has 2 fully saturated rings. The molecule has 2 aliphatic rings. The largest absolute Gasteiger partial charge is 0.478 e. The van der Waals surface area contributed by atoms with Gasteiger partial charge in [-0.05, 0) is 56.5 Å². The van der Waals surface area contributed by atoms with Crippen molar-refractivity contribution in [3.63, 3.8) is 0 Å². The molecule has 2 saturated heterocycles. The molecule has 10 nitrogen and oxygen atoms in total. The molecule has 1 aromatic carbocycles. The minimum absolute atomic E-state index is 0.00115. The van der Waals surface area contributed by atoms with Gasteiger partial charge in [-0.1, -0.05) is 17.7 Å². The van der Waals surface area contributed by atoms with E-state index in [0.717, 1.165) is 23.3 Å². The number of nitrogens with zero attached hydrogens (tertiary/aromatic N) is 4. The molecule has 5 rings (SSSR count). The molecule has 0 aliphatic carbocycles. The van der Waals surface area contributed by atoms with Gasteiger partial charge in [-0.2, -0.15) is 26.8 Å². The Labute approximate surface area is 230 Å². The van der Waals surface area contributed by atoms with Crippen LogP contribution in [0.3, 0.4) is 0 Å². The van der Waals surface area contributed by atoms with Gasteiger partial charge in [0.05, 0.1) is 22.1 Å². The number of anilines is 1. The van der Waals surface area contributed by atoms with Crippen molar-refractivity contribution < 1.29 is 23.1 Å². The third-order valence-corrected chi connectivity index (χ3v) is 10.3. The summed E-state index contributed by atoms with van der Waals surface area (Å²) in [6.45, 7) is 4.04. The Morgan fingerprint density at radius 1 is 1.13 bits per heavy atom. The van der Waals surface area contributed by atoms with Crippen molar-refractivity contribution in [2.24, 2.45) is 0 Å². The molecule has 202 valence electrons. The van der Waals surface area contributed by atoms with Gasteiger partial charge in [-0.3, -0.25) is 4.79 Å². The van der Waals surface area contributed by atoms with Crippen molar-refractivity contribution in [1.29, 1.82) is 0 Å². The summed E-state index contributed by atoms with van der Waals surface area (Å²) in [6.07, 6.45) is 2.33. The van der Waals surface area contributed by atoms with Crippen LogP contribution in [0.1, 0.15) is 62.0 Å². The molecule has 0 bridgehead atoms. The summed E-state index contributed by atoms with van der Waals surface area (Å²) in [5.41, 5.74) is 1.59. The molecular formula is C25H28ClN5O5S2. The Morgan fingerprint density at radius 2 is 1.87 bits per heavy atom. The maximum atomic E-state index is 13.6. The topological polar surface area (TPSA) is 125 Å². The zero-order valence-electron chi connectivity index (χ0n) is 20.8. The van der Waals surface area contributed by atoms with Crippen LogP contribution in [-0.4, -0.2) is 70.0 Å². The fourth-order valence-electron chi connectivity index (χ4n) is 5.02. The van der Waals surface area contributed by atoms with E-state index >= 15 is 0 Å². The van der Waals surface area contributed by atoms with Gasteiger partial charge >= 0.3 is 5.97 Å². The first-order valence-corrected chi connectivity index (χ1v) is 14.9. The summed E-state index contributed by atoms with van der Waals surface area (Å²) in [7, 11) is -3.53. The van der Waals surface area contributed by atoms with Gasteiger partial charge in [-0.25, -0.2) is 4.79 Å². The fourth-order valence-corrected chi connectivity index (χ4v) is 7.80. The van der Waals surface area contributed by atoms with E-state index in [2.05, 4.69) is 10.4 Å². The molecule has 38 heavy (non-hydrogen) atoms. The Morgan fingerprint density at radius 3 is 2.55 bits per heavy atom. The highest BCUT2D eigenvalue weighted by Crippen LogP contribution is 2.35. The van der Waals surface area contributed by atoms with Crippen molar-refractivity contribution in [2.75, 3.05) is 31.5 Å². The Bertz CT molecular complexity index is 1480. The van der Waals surface area contributed by atoms with Crippen molar-refractivity contribution in [3.05, 3.63) is 68.0 Å². The van der Waals surface area contributed by atoms with Gasteiger partial charge in [-0.15, -0.1) is 11.3 Å². The van der Waals surface area contributed by atoms with Crippen LogP contribution in [0.4, 0.5) is 5.82 Å². The molecule has 2 aliphatic heterocycles. The number of nitrogens with one attached hydrogen (secondary N) is 1. The van der Waals surface area contributed by atoms with Crippen LogP contribution in [0.25, 0.3) is 0 Å². The third kappa shape index (κ3) is 5.23. The molecule has 0 radical (unpaired) electrons. The number of hydrogen-bond acceptors (Lipinski definition) is 7. The van der Waals surface area contributed by atoms with Crippen LogP contribution in [-0.2, 0) is 16.8 Å². The molecule has 1 unspecified atom stereocenters. The van der Waals surface area contributed by atoms with E-state index in [1.54, 1.807) is 16.4 Å². The Kier molecular flexibility index (Phi) is 7.60. The number of hydrogen-bond donors (Lipinski definition) is 2. The number of thiophene rings is 1. The van der Waals surface area contributed by atoms with E-state index in [1.165, 1.54) is 38.5 Å². The van der Waals surface area contributed by atoms with E-state index in [1.807, 2.05) is 13.0 Å². The second-order valence-electron chi connectivity index (χ2n) is 9.48. The molecule has 0 amide bonds. The van der Waals surface area contributed by atoms with Gasteiger partial charge in [0.15, 0.2) is 0 Å². The van der Waals surface area contributed by atoms with Crippen LogP contribution in [0.2, 0.25) is 4.34 Å². The normalized spacial score (nSPS) is 18.7. The molecular weight excluding hydrogens is 550 g/mol. The number of carbonyl (C=O) groups excluding carboxylic acids is 1. The minimum Gasteiger partial charge on any atom is -0.478 e. The standard InChI is InChI=1S/C25H28ClN5O5S2/c1-16-22(19-9-12-30(15-19)38(35,36)29-10-2-3-11-29)28-31(23(16)27-14-20-7-8-21(26)37-20)24(32)17-5-4-6-18(13-17)25(33)34/h4-8,13,19,27H,2-3,9-12,14-15H2,1H3,(H,33,34). The van der Waals surface area contributed by atoms with Crippen molar-refractivity contribution >= 4 is 50.8 Å². The van der Waals surface area contributed by atoms with E-state index in [0.29, 0.717) is 55.0 Å². The van der Waals surface area contributed by atoms with Gasteiger partial charge in [0.1, 0.15) is 5.82 Å². The quantitative estimate of drug-likeness (QED) is 0.414. The van der Waals surface area contributed by atoms with Crippen LogP contribution in [0.15, 0.2) is 36.4 Å². The van der Waals surface area contributed by atoms with Crippen LogP contribution < -0.4 is 5.32 Å². The molecule has 3 aromatic rings. The highest BCUT2D eigenvalue weighted by molar-refractivity contribution is 7.86. The fraction of sp³-hybridized carbons (Fsp3) is 0.400. The third-order valence-electron chi connectivity index (χ3n) is 7.02. The zero-order chi connectivity index (χ0) is 27.0. The van der Waals surface area contributed by atoms with Crippen molar-refractivity contribution in [2.45, 2.75) is 38.6 Å². The van der Waals surface area contributed by atoms with Gasteiger partial charge in [0.2, 0.25) is 0 Å². The van der Waals surface area contributed by atoms with Gasteiger partial charge < -0.3 is 10.4 Å². The summed E-state index contributed by atoms with van der Waals surface area (Å²) in [5.74, 6) is -1.30. The number of halogens is 1. The number of carboxylic acids is 1. The van der Waals surface area contributed by atoms with Crippen molar-refractivity contribution in [1.82, 2.24) is 18.4 Å².